The minimum atomic E-state index is -0.218. The number of carbonyl (C=O) groups excluding carboxylic acids is 2. The number of carbonyl (C=O) groups is 2. The Labute approximate surface area is 158 Å². The first kappa shape index (κ1) is 19.5. The van der Waals surface area contributed by atoms with E-state index in [2.05, 4.69) is 16.7 Å². The van der Waals surface area contributed by atoms with Crippen LogP contribution in [0.25, 0.3) is 0 Å². The number of rotatable bonds is 6. The van der Waals surface area contributed by atoms with Gasteiger partial charge in [-0.25, -0.2) is 0 Å². The van der Waals surface area contributed by atoms with Crippen molar-refractivity contribution < 1.29 is 9.59 Å². The molecule has 0 saturated heterocycles. The first-order valence-electron chi connectivity index (χ1n) is 8.28. The van der Waals surface area contributed by atoms with Crippen LogP contribution in [0.2, 0.25) is 5.02 Å². The summed E-state index contributed by atoms with van der Waals surface area (Å²) in [6.07, 6.45) is 0.813. The van der Waals surface area contributed by atoms with Crippen LogP contribution < -0.4 is 10.6 Å². The van der Waals surface area contributed by atoms with Gasteiger partial charge in [0.05, 0.1) is 22.3 Å². The third-order valence-electron chi connectivity index (χ3n) is 3.65. The highest BCUT2D eigenvalue weighted by Gasteiger charge is 2.12. The number of aryl methyl sites for hydroxylation is 1. The average molecular weight is 370 g/mol. The molecule has 0 aliphatic carbocycles. The minimum Gasteiger partial charge on any atom is -0.350 e. The Bertz CT molecular complexity index is 839. The second-order valence-corrected chi connectivity index (χ2v) is 6.59. The zero-order chi connectivity index (χ0) is 19.1. The lowest BCUT2D eigenvalue weighted by atomic mass is 10.1. The monoisotopic (exact) mass is 369 g/mol. The summed E-state index contributed by atoms with van der Waals surface area (Å²) in [7, 11) is 0. The summed E-state index contributed by atoms with van der Waals surface area (Å²) in [5.74, 6) is -0.414. The molecule has 0 heterocycles. The van der Waals surface area contributed by atoms with Crippen LogP contribution in [0.15, 0.2) is 42.5 Å². The van der Waals surface area contributed by atoms with Crippen molar-refractivity contribution in [3.63, 3.8) is 0 Å². The summed E-state index contributed by atoms with van der Waals surface area (Å²) in [5, 5.41) is 14.7. The smallest absolute Gasteiger partial charge is 0.251 e. The van der Waals surface area contributed by atoms with E-state index >= 15 is 0 Å². The highest BCUT2D eigenvalue weighted by atomic mass is 35.5. The predicted molar refractivity (Wildman–Crippen MR) is 102 cm³/mol. The van der Waals surface area contributed by atoms with E-state index in [9.17, 15) is 9.59 Å². The van der Waals surface area contributed by atoms with Crippen molar-refractivity contribution in [2.24, 2.45) is 0 Å². The molecule has 0 bridgehead atoms. The van der Waals surface area contributed by atoms with Gasteiger partial charge in [0.1, 0.15) is 0 Å². The highest BCUT2D eigenvalue weighted by Crippen LogP contribution is 2.23. The van der Waals surface area contributed by atoms with Crippen LogP contribution in [-0.2, 0) is 11.2 Å². The Morgan fingerprint density at radius 1 is 1.15 bits per heavy atom. The molecule has 0 radical (unpaired) electrons. The van der Waals surface area contributed by atoms with Gasteiger partial charge in [-0.2, -0.15) is 5.26 Å². The van der Waals surface area contributed by atoms with E-state index in [4.69, 9.17) is 16.9 Å². The summed E-state index contributed by atoms with van der Waals surface area (Å²) < 4.78 is 0. The number of amides is 2. The van der Waals surface area contributed by atoms with E-state index in [-0.39, 0.29) is 24.3 Å². The standard InChI is InChI=1S/C20H20ClN3O2/c1-13(2)23-20(26)16-8-9-17(21)18(11-16)24-19(25)10-7-14-3-5-15(12-22)6-4-14/h3-6,8-9,11,13H,7,10H2,1-2H3,(H,23,26)(H,24,25). The number of nitriles is 1. The summed E-state index contributed by atoms with van der Waals surface area (Å²) in [5.41, 5.74) is 2.40. The molecule has 2 aromatic carbocycles. The van der Waals surface area contributed by atoms with E-state index in [0.29, 0.717) is 28.3 Å². The maximum atomic E-state index is 12.2. The van der Waals surface area contributed by atoms with Crippen molar-refractivity contribution in [2.45, 2.75) is 32.7 Å². The van der Waals surface area contributed by atoms with Crippen molar-refractivity contribution in [1.82, 2.24) is 5.32 Å². The number of nitrogens with zero attached hydrogens (tertiary/aromatic N) is 1. The Hall–Kier alpha value is -2.84. The van der Waals surface area contributed by atoms with Gasteiger partial charge >= 0.3 is 0 Å². The van der Waals surface area contributed by atoms with Crippen molar-refractivity contribution in [3.05, 3.63) is 64.2 Å². The molecule has 0 fully saturated rings. The Balaban J connectivity index is 1.99. The van der Waals surface area contributed by atoms with Gasteiger partial charge in [0.15, 0.2) is 0 Å². The van der Waals surface area contributed by atoms with E-state index in [0.717, 1.165) is 5.56 Å². The number of benzene rings is 2. The molecule has 134 valence electrons. The zero-order valence-electron chi connectivity index (χ0n) is 14.7. The summed E-state index contributed by atoms with van der Waals surface area (Å²) in [4.78, 5) is 24.3. The topological polar surface area (TPSA) is 82.0 Å². The van der Waals surface area contributed by atoms with E-state index in [1.165, 1.54) is 0 Å². The maximum absolute atomic E-state index is 12.2. The van der Waals surface area contributed by atoms with E-state index < -0.39 is 0 Å². The molecule has 0 spiro atoms. The largest absolute Gasteiger partial charge is 0.350 e. The number of anilines is 1. The van der Waals surface area contributed by atoms with Crippen molar-refractivity contribution in [3.8, 4) is 6.07 Å². The number of halogens is 1. The van der Waals surface area contributed by atoms with Gasteiger partial charge in [-0.1, -0.05) is 23.7 Å². The number of hydrogen-bond donors (Lipinski definition) is 2. The fourth-order valence-electron chi connectivity index (χ4n) is 2.32. The molecule has 2 aromatic rings. The molecule has 2 N–H and O–H groups in total. The normalized spacial score (nSPS) is 10.3. The van der Waals surface area contributed by atoms with Gasteiger partial charge in [0.25, 0.3) is 5.91 Å². The molecule has 0 aromatic heterocycles. The number of nitrogens with one attached hydrogen (secondary N) is 2. The Kier molecular flexibility index (Phi) is 6.76. The van der Waals surface area contributed by atoms with Crippen LogP contribution in [-0.4, -0.2) is 17.9 Å². The molecular formula is C20H20ClN3O2. The van der Waals surface area contributed by atoms with Gasteiger partial charge < -0.3 is 10.6 Å². The van der Waals surface area contributed by atoms with Crippen LogP contribution in [0.3, 0.4) is 0 Å². The highest BCUT2D eigenvalue weighted by molar-refractivity contribution is 6.33. The molecule has 0 atom stereocenters. The molecule has 26 heavy (non-hydrogen) atoms. The molecule has 0 saturated carbocycles. The van der Waals surface area contributed by atoms with E-state index in [1.54, 1.807) is 30.3 Å². The molecule has 0 aliphatic heterocycles. The Morgan fingerprint density at radius 3 is 2.46 bits per heavy atom. The molecule has 5 nitrogen and oxygen atoms in total. The van der Waals surface area contributed by atoms with Gasteiger partial charge in [-0.15, -0.1) is 0 Å². The molecule has 2 rings (SSSR count). The van der Waals surface area contributed by atoms with Crippen molar-refractivity contribution in [2.75, 3.05) is 5.32 Å². The predicted octanol–water partition coefficient (Wildman–Crippen LogP) is 3.92. The van der Waals surface area contributed by atoms with Crippen LogP contribution in [0.1, 0.15) is 41.8 Å². The van der Waals surface area contributed by atoms with Gasteiger partial charge in [-0.3, -0.25) is 9.59 Å². The fourth-order valence-corrected chi connectivity index (χ4v) is 2.49. The van der Waals surface area contributed by atoms with E-state index in [1.807, 2.05) is 26.0 Å². The molecule has 0 aliphatic rings. The van der Waals surface area contributed by atoms with Crippen LogP contribution in [0, 0.1) is 11.3 Å². The lowest BCUT2D eigenvalue weighted by Crippen LogP contribution is -2.30. The number of hydrogen-bond acceptors (Lipinski definition) is 3. The SMILES string of the molecule is CC(C)NC(=O)c1ccc(Cl)c(NC(=O)CCc2ccc(C#N)cc2)c1. The van der Waals surface area contributed by atoms with Gasteiger partial charge in [0, 0.05) is 18.0 Å². The summed E-state index contributed by atoms with van der Waals surface area (Å²) >= 11 is 6.12. The second-order valence-electron chi connectivity index (χ2n) is 6.18. The van der Waals surface area contributed by atoms with Crippen LogP contribution in [0.4, 0.5) is 5.69 Å². The van der Waals surface area contributed by atoms with Crippen LogP contribution >= 0.6 is 11.6 Å². The fraction of sp³-hybridized carbons (Fsp3) is 0.250. The van der Waals surface area contributed by atoms with Crippen molar-refractivity contribution in [1.29, 1.82) is 5.26 Å². The van der Waals surface area contributed by atoms with Crippen LogP contribution in [0.5, 0.6) is 0 Å². The molecule has 0 unspecified atom stereocenters. The molecular weight excluding hydrogens is 350 g/mol. The second kappa shape index (κ2) is 9.02. The summed E-state index contributed by atoms with van der Waals surface area (Å²) in [6.45, 7) is 3.75. The maximum Gasteiger partial charge on any atom is 0.251 e. The first-order valence-corrected chi connectivity index (χ1v) is 8.66. The zero-order valence-corrected chi connectivity index (χ0v) is 15.4. The average Bonchev–Trinajstić information content (AvgIpc) is 2.61. The molecule has 2 amide bonds. The Morgan fingerprint density at radius 2 is 1.85 bits per heavy atom. The minimum absolute atomic E-state index is 0.0173. The quantitative estimate of drug-likeness (QED) is 0.809. The van der Waals surface area contributed by atoms with Crippen molar-refractivity contribution >= 4 is 29.1 Å². The summed E-state index contributed by atoms with van der Waals surface area (Å²) in [6, 6.07) is 14.0. The van der Waals surface area contributed by atoms with Gasteiger partial charge in [0.2, 0.25) is 5.91 Å². The molecule has 6 heteroatoms. The lowest BCUT2D eigenvalue weighted by Gasteiger charge is -2.11. The lowest BCUT2D eigenvalue weighted by molar-refractivity contribution is -0.116. The van der Waals surface area contributed by atoms with Gasteiger partial charge in [-0.05, 0) is 56.2 Å². The third-order valence-corrected chi connectivity index (χ3v) is 3.98. The first-order chi connectivity index (χ1) is 12.4. The third kappa shape index (κ3) is 5.61.